The molecule has 10 aromatic rings. The van der Waals surface area contributed by atoms with E-state index in [2.05, 4.69) is 27.7 Å². The van der Waals surface area contributed by atoms with Gasteiger partial charge in [-0.25, -0.2) is 0 Å². The van der Waals surface area contributed by atoms with Crippen molar-refractivity contribution >= 4 is 56.9 Å². The summed E-state index contributed by atoms with van der Waals surface area (Å²) in [6.45, 7) is 40.4. The first-order valence-electron chi connectivity index (χ1n) is 52.8. The first-order valence-corrected chi connectivity index (χ1v) is 52.8. The molecule has 0 spiro atoms. The minimum absolute atomic E-state index is 0.146. The fourth-order valence-corrected chi connectivity index (χ4v) is 19.2. The van der Waals surface area contributed by atoms with Gasteiger partial charge in [-0.1, -0.05) is 280 Å². The number of hydrogen-bond acceptors (Lipinski definition) is 20. The molecule has 20 nitrogen and oxygen atoms in total. The molecule has 0 heterocycles. The van der Waals surface area contributed by atoms with Gasteiger partial charge in [-0.3, -0.25) is 0 Å². The summed E-state index contributed by atoms with van der Waals surface area (Å²) in [6, 6.07) is 59.7. The first kappa shape index (κ1) is 128. The molecule has 10 fully saturated rings. The summed E-state index contributed by atoms with van der Waals surface area (Å²) in [5.41, 5.74) is 67.1. The van der Waals surface area contributed by atoms with Gasteiger partial charge in [0, 0.05) is 0 Å². The number of phenols is 10. The smallest absolute Gasteiger partial charge is 0.138 e. The molecule has 0 saturated heterocycles. The maximum Gasteiger partial charge on any atom is 0.138 e. The van der Waals surface area contributed by atoms with Crippen LogP contribution in [-0.4, -0.2) is 51.1 Å². The maximum atomic E-state index is 9.41. The molecule has 0 aromatic heterocycles. The normalized spacial score (nSPS) is 18.9. The Morgan fingerprint density at radius 2 is 0.543 bits per heavy atom. The van der Waals surface area contributed by atoms with E-state index in [4.69, 9.17) is 88.0 Å². The van der Waals surface area contributed by atoms with Crippen molar-refractivity contribution < 1.29 is 51.1 Å². The Morgan fingerprint density at radius 3 is 0.821 bits per heavy atom. The second-order valence-electron chi connectivity index (χ2n) is 36.2. The van der Waals surface area contributed by atoms with E-state index < -0.39 is 0 Å². The summed E-state index contributed by atoms with van der Waals surface area (Å²) >= 11 is 0. The number of aromatic hydroxyl groups is 10. The Labute approximate surface area is 846 Å². The standard InChI is InChI=1S/C14H19NO.C13H17NO.C13H19NO.C12H17NO.C10H16.2C7H9NO.4C6H7NO.2C3H8.7C2H6/c15-12-7-11(1-2-13(12)16)9-14-5-3-10(8-14)4-6-14;14-12-7-10(3-4-13(12)15)11-6-8-1-2-9(11)5-8;14-12-9-11(6-7-13(12)15)8-10-4-2-1-3-5-10;13-11-8-10(6-7-12(11)14)9-4-2-1-3-5-9;1-7-2-9-4-8(1)5-10(3-7)6-9;2*1-5-2-3-7(9)6(8)4-5;4*7-5-3-1-2-4-6(5)8;2*1-3-2;7*1-2/h1-2,7,10,16H,3-6,8-9,15H2;3-4,7-9,11,15H,1-2,5-6,14H2;6-7,9-10,15H,1-5,8,14H2;6-9,14H,1-5,13H2;7-10H,1-6H2;2*2-4,9H,8H2,1H3;4*1-4,8H,7H2;2*3H2,1-2H3;7*1-2H3. The fraction of sp³-hybridized carbons (Fsp3) is 0.500. The minimum atomic E-state index is 0.146. The fourth-order valence-electron chi connectivity index (χ4n) is 19.2. The highest BCUT2D eigenvalue weighted by atomic mass is 16.3. The molecule has 10 aliphatic rings. The van der Waals surface area contributed by atoms with E-state index in [1.54, 1.807) is 184 Å². The molecule has 0 radical (unpaired) electrons. The van der Waals surface area contributed by atoms with Gasteiger partial charge in [-0.15, -0.1) is 0 Å². The third-order valence-electron chi connectivity index (χ3n) is 25.4. The minimum Gasteiger partial charge on any atom is -0.506 e. The number of nitrogens with two attached hydrogens (primary N) is 10. The summed E-state index contributed by atoms with van der Waals surface area (Å²) in [5, 5.41) is 90.5. The highest BCUT2D eigenvalue weighted by molar-refractivity contribution is 5.59. The summed E-state index contributed by atoms with van der Waals surface area (Å²) in [6.07, 6.45) is 40.4. The van der Waals surface area contributed by atoms with Crippen LogP contribution in [0.4, 0.5) is 56.9 Å². The van der Waals surface area contributed by atoms with Crippen LogP contribution in [0.2, 0.25) is 0 Å². The molecule has 0 aliphatic heterocycles. The molecule has 20 heteroatoms. The Kier molecular flexibility index (Phi) is 68.0. The number of fused-ring (bicyclic) bond motifs is 4. The zero-order valence-electron chi connectivity index (χ0n) is 89.7. The van der Waals surface area contributed by atoms with Crippen LogP contribution >= 0.6 is 0 Å². The third-order valence-corrected chi connectivity index (χ3v) is 25.4. The van der Waals surface area contributed by atoms with Crippen molar-refractivity contribution in [1.29, 1.82) is 0 Å². The van der Waals surface area contributed by atoms with E-state index in [9.17, 15) is 20.4 Å². The molecule has 8 bridgehead atoms. The first-order chi connectivity index (χ1) is 67.3. The van der Waals surface area contributed by atoms with Crippen LogP contribution in [0.5, 0.6) is 57.5 Å². The van der Waals surface area contributed by atoms with Gasteiger partial charge in [0.25, 0.3) is 0 Å². The van der Waals surface area contributed by atoms with Gasteiger partial charge in [0.05, 0.1) is 56.9 Å². The van der Waals surface area contributed by atoms with E-state index >= 15 is 0 Å². The Hall–Kier alpha value is -11.8. The number of aryl methyl sites for hydroxylation is 2. The molecule has 140 heavy (non-hydrogen) atoms. The van der Waals surface area contributed by atoms with Gasteiger partial charge >= 0.3 is 0 Å². The molecular formula is C120H192N10O10. The molecule has 3 unspecified atom stereocenters. The van der Waals surface area contributed by atoms with Crippen molar-refractivity contribution in [2.24, 2.45) is 52.8 Å². The van der Waals surface area contributed by atoms with Gasteiger partial charge < -0.3 is 108 Å². The average molecular weight is 1930 g/mol. The van der Waals surface area contributed by atoms with Crippen molar-refractivity contribution in [1.82, 2.24) is 0 Å². The number of benzene rings is 10. The topological polar surface area (TPSA) is 462 Å². The average Bonchev–Trinajstić information content (AvgIpc) is 1.13. The van der Waals surface area contributed by atoms with Crippen molar-refractivity contribution in [3.63, 3.8) is 0 Å². The lowest BCUT2D eigenvalue weighted by Gasteiger charge is -2.49. The highest BCUT2D eigenvalue weighted by Gasteiger charge is 2.45. The number of nitrogen functional groups attached to an aromatic ring is 10. The lowest BCUT2D eigenvalue weighted by molar-refractivity contribution is 0.0198. The number of phenolic OH excluding ortho intramolecular Hbond substituents is 10. The SMILES string of the molecule is C1C2CC3CC1CC(C2)C3.CC.CC.CC.CC.CC.CC.CC.CCC.CCC.Cc1ccc(O)c(N)c1.Cc1ccc(O)c(N)c1.Nc1cc(C2CC3CCC2C3)ccc1O.Nc1cc(C2CCCCC2)ccc1O.Nc1cc(CC23CCC(CC2)C3)ccc1O.Nc1cc(CC2CCCCC2)ccc1O.Nc1ccccc1O.Nc1ccccc1O.Nc1ccccc1O.Nc1ccccc1O. The summed E-state index contributed by atoms with van der Waals surface area (Å²) in [7, 11) is 0. The van der Waals surface area contributed by atoms with Crippen LogP contribution in [0, 0.1) is 66.6 Å². The predicted octanol–water partition coefficient (Wildman–Crippen LogP) is 31.4. The van der Waals surface area contributed by atoms with Crippen molar-refractivity contribution in [3.8, 4) is 57.5 Å². The van der Waals surface area contributed by atoms with Crippen molar-refractivity contribution in [2.75, 3.05) is 57.3 Å². The highest BCUT2D eigenvalue weighted by Crippen LogP contribution is 2.57. The second-order valence-corrected chi connectivity index (χ2v) is 36.2. The molecule has 20 rings (SSSR count). The quantitative estimate of drug-likeness (QED) is 0.0543. The van der Waals surface area contributed by atoms with Gasteiger partial charge in [-0.05, 0) is 349 Å². The van der Waals surface area contributed by atoms with Crippen LogP contribution in [0.1, 0.15) is 343 Å². The molecule has 10 aliphatic carbocycles. The van der Waals surface area contributed by atoms with E-state index in [-0.39, 0.29) is 57.5 Å². The van der Waals surface area contributed by atoms with E-state index in [1.807, 2.05) is 171 Å². The maximum absolute atomic E-state index is 9.41. The molecular weight excluding hydrogens is 1740 g/mol. The van der Waals surface area contributed by atoms with Gasteiger partial charge in [0.15, 0.2) is 0 Å². The van der Waals surface area contributed by atoms with Crippen molar-refractivity contribution in [2.45, 2.75) is 337 Å². The van der Waals surface area contributed by atoms with Crippen LogP contribution < -0.4 is 57.3 Å². The summed E-state index contributed by atoms with van der Waals surface area (Å²) in [5.74, 6) is 11.4. The third kappa shape index (κ3) is 48.9. The monoisotopic (exact) mass is 1930 g/mol. The predicted molar refractivity (Wildman–Crippen MR) is 605 cm³/mol. The van der Waals surface area contributed by atoms with Crippen molar-refractivity contribution in [3.05, 3.63) is 240 Å². The number of para-hydroxylation sites is 8. The number of hydrogen-bond donors (Lipinski definition) is 20. The zero-order chi connectivity index (χ0) is 106. The lowest BCUT2D eigenvalue weighted by atomic mass is 9.56. The molecule has 10 aromatic carbocycles. The van der Waals surface area contributed by atoms with E-state index in [1.165, 1.54) is 181 Å². The van der Waals surface area contributed by atoms with Crippen LogP contribution in [0.25, 0.3) is 0 Å². The molecule has 3 atom stereocenters. The van der Waals surface area contributed by atoms with Crippen LogP contribution in [0.15, 0.2) is 206 Å². The van der Waals surface area contributed by atoms with E-state index in [0.717, 1.165) is 47.6 Å². The summed E-state index contributed by atoms with van der Waals surface area (Å²) < 4.78 is 0. The molecule has 782 valence electrons. The van der Waals surface area contributed by atoms with Gasteiger partial charge in [-0.2, -0.15) is 0 Å². The Bertz CT molecular complexity index is 4490. The Morgan fingerprint density at radius 1 is 0.257 bits per heavy atom. The second kappa shape index (κ2) is 74.2. The largest absolute Gasteiger partial charge is 0.506 e. The van der Waals surface area contributed by atoms with Crippen LogP contribution in [-0.2, 0) is 12.8 Å². The number of rotatable bonds is 6. The van der Waals surface area contributed by atoms with Gasteiger partial charge in [0.1, 0.15) is 57.5 Å². The molecule has 30 N–H and O–H groups in total. The van der Waals surface area contributed by atoms with Gasteiger partial charge in [0.2, 0.25) is 0 Å². The molecule has 10 saturated carbocycles. The Balaban J connectivity index is 0.00000150. The zero-order valence-corrected chi connectivity index (χ0v) is 89.7. The number of anilines is 10. The van der Waals surface area contributed by atoms with Crippen LogP contribution in [0.3, 0.4) is 0 Å². The lowest BCUT2D eigenvalue weighted by Crippen LogP contribution is -2.38. The summed E-state index contributed by atoms with van der Waals surface area (Å²) in [4.78, 5) is 0. The van der Waals surface area contributed by atoms with E-state index in [0.29, 0.717) is 74.1 Å². The molecule has 0 amide bonds.